The number of methoxy groups -OCH3 is 3. The third kappa shape index (κ3) is 8.91. The van der Waals surface area contributed by atoms with Gasteiger partial charge in [0.1, 0.15) is 11.4 Å². The number of rotatable bonds is 13. The maximum absolute atomic E-state index is 13.7. The van der Waals surface area contributed by atoms with E-state index in [9.17, 15) is 24.5 Å². The van der Waals surface area contributed by atoms with E-state index in [0.717, 1.165) is 0 Å². The summed E-state index contributed by atoms with van der Waals surface area (Å²) in [4.78, 5) is 51.0. The Bertz CT molecular complexity index is 1860. The zero-order valence-corrected chi connectivity index (χ0v) is 27.7. The van der Waals surface area contributed by atoms with Gasteiger partial charge in [0, 0.05) is 45.6 Å². The van der Waals surface area contributed by atoms with Gasteiger partial charge < -0.3 is 30.2 Å². The molecule has 0 saturated carbocycles. The molecule has 13 heteroatoms. The van der Waals surface area contributed by atoms with Crippen LogP contribution in [0.2, 0.25) is 0 Å². The molecule has 0 aromatic heterocycles. The predicted molar refractivity (Wildman–Crippen MR) is 185 cm³/mol. The van der Waals surface area contributed by atoms with E-state index < -0.39 is 22.0 Å². The molecule has 48 heavy (non-hydrogen) atoms. The second kappa shape index (κ2) is 16.1. The fourth-order valence-corrected chi connectivity index (χ4v) is 5.43. The molecule has 3 N–H and O–H groups in total. The summed E-state index contributed by atoms with van der Waals surface area (Å²) in [7, 11) is 4.44. The zero-order valence-electron chi connectivity index (χ0n) is 26.9. The Balaban J connectivity index is 1.56. The number of carbonyl (C=O) groups is 3. The number of nitro groups is 1. The van der Waals surface area contributed by atoms with Gasteiger partial charge in [-0.3, -0.25) is 24.5 Å². The number of thioether (sulfide) groups is 1. The fraction of sp³-hybridized carbons (Fsp3) is 0.171. The van der Waals surface area contributed by atoms with Gasteiger partial charge in [-0.25, -0.2) is 0 Å². The van der Waals surface area contributed by atoms with Crippen molar-refractivity contribution in [1.29, 1.82) is 0 Å². The lowest BCUT2D eigenvalue weighted by atomic mass is 10.1. The highest BCUT2D eigenvalue weighted by atomic mass is 32.2. The number of anilines is 2. The normalized spacial score (nSPS) is 11.6. The van der Waals surface area contributed by atoms with Crippen LogP contribution in [-0.4, -0.2) is 49.2 Å². The second-order valence-electron chi connectivity index (χ2n) is 10.3. The van der Waals surface area contributed by atoms with Crippen LogP contribution >= 0.6 is 11.8 Å². The van der Waals surface area contributed by atoms with E-state index in [0.29, 0.717) is 50.2 Å². The average molecular weight is 671 g/mol. The van der Waals surface area contributed by atoms with Gasteiger partial charge >= 0.3 is 0 Å². The summed E-state index contributed by atoms with van der Waals surface area (Å²) in [5.41, 5.74) is 2.12. The number of amides is 3. The SMILES string of the molecule is COc1cc(OC)c(OC)cc1/C=C(/NC(=O)c1ccccc1)C(=O)Nc1cccc(SC(C)C(=O)Nc2ccc([N+](=O)[O-])cc2C)c1. The van der Waals surface area contributed by atoms with Crippen molar-refractivity contribution < 1.29 is 33.5 Å². The lowest BCUT2D eigenvalue weighted by Gasteiger charge is -2.16. The van der Waals surface area contributed by atoms with Crippen LogP contribution in [0.3, 0.4) is 0 Å². The first-order valence-electron chi connectivity index (χ1n) is 14.5. The molecular formula is C35H34N4O8S. The van der Waals surface area contributed by atoms with Crippen molar-refractivity contribution in [2.45, 2.75) is 24.0 Å². The quantitative estimate of drug-likeness (QED) is 0.0628. The highest BCUT2D eigenvalue weighted by Gasteiger charge is 2.20. The number of benzene rings is 4. The first-order chi connectivity index (χ1) is 23.0. The molecule has 4 rings (SSSR count). The van der Waals surface area contributed by atoms with Gasteiger partial charge in [0.15, 0.2) is 11.5 Å². The summed E-state index contributed by atoms with van der Waals surface area (Å²) in [6.45, 7) is 3.40. The van der Waals surface area contributed by atoms with Crippen molar-refractivity contribution in [1.82, 2.24) is 5.32 Å². The van der Waals surface area contributed by atoms with E-state index in [1.54, 1.807) is 80.6 Å². The van der Waals surface area contributed by atoms with Crippen LogP contribution in [0, 0.1) is 17.0 Å². The molecule has 0 fully saturated rings. The summed E-state index contributed by atoms with van der Waals surface area (Å²) in [5, 5.41) is 18.8. The van der Waals surface area contributed by atoms with Crippen molar-refractivity contribution in [3.05, 3.63) is 117 Å². The molecule has 0 aliphatic rings. The van der Waals surface area contributed by atoms with Gasteiger partial charge in [-0.2, -0.15) is 0 Å². The Hall–Kier alpha value is -5.82. The van der Waals surface area contributed by atoms with Gasteiger partial charge in [-0.05, 0) is 68.0 Å². The van der Waals surface area contributed by atoms with Crippen molar-refractivity contribution in [3.63, 3.8) is 0 Å². The van der Waals surface area contributed by atoms with Crippen LogP contribution in [-0.2, 0) is 9.59 Å². The smallest absolute Gasteiger partial charge is 0.272 e. The Morgan fingerprint density at radius 3 is 2.17 bits per heavy atom. The topological polar surface area (TPSA) is 158 Å². The van der Waals surface area contributed by atoms with Crippen LogP contribution in [0.4, 0.5) is 17.1 Å². The molecule has 248 valence electrons. The number of hydrogen-bond donors (Lipinski definition) is 3. The minimum Gasteiger partial charge on any atom is -0.496 e. The zero-order chi connectivity index (χ0) is 34.8. The summed E-state index contributed by atoms with van der Waals surface area (Å²) in [5.74, 6) is -0.219. The molecule has 1 atom stereocenters. The van der Waals surface area contributed by atoms with Gasteiger partial charge in [-0.1, -0.05) is 24.3 Å². The molecule has 0 heterocycles. The molecule has 12 nitrogen and oxygen atoms in total. The van der Waals surface area contributed by atoms with E-state index in [1.807, 2.05) is 0 Å². The lowest BCUT2D eigenvalue weighted by molar-refractivity contribution is -0.384. The Kier molecular flexibility index (Phi) is 11.8. The Labute approximate surface area is 281 Å². The first-order valence-corrected chi connectivity index (χ1v) is 15.4. The summed E-state index contributed by atoms with van der Waals surface area (Å²) < 4.78 is 16.3. The average Bonchev–Trinajstić information content (AvgIpc) is 3.08. The molecule has 1 unspecified atom stereocenters. The van der Waals surface area contributed by atoms with E-state index in [1.165, 1.54) is 57.4 Å². The molecule has 0 spiro atoms. The maximum atomic E-state index is 13.7. The number of aryl methyl sites for hydroxylation is 1. The first kappa shape index (κ1) is 35.0. The Morgan fingerprint density at radius 2 is 1.52 bits per heavy atom. The molecule has 4 aromatic rings. The highest BCUT2D eigenvalue weighted by molar-refractivity contribution is 8.00. The lowest BCUT2D eigenvalue weighted by Crippen LogP contribution is -2.30. The minimum atomic E-state index is -0.613. The van der Waals surface area contributed by atoms with Crippen LogP contribution in [0.5, 0.6) is 17.2 Å². The molecule has 0 aliphatic carbocycles. The number of non-ortho nitro benzene ring substituents is 1. The molecule has 0 aliphatic heterocycles. The molecule has 0 bridgehead atoms. The van der Waals surface area contributed by atoms with E-state index in [2.05, 4.69) is 16.0 Å². The third-order valence-electron chi connectivity index (χ3n) is 7.02. The molecule has 0 radical (unpaired) electrons. The molecular weight excluding hydrogens is 636 g/mol. The number of ether oxygens (including phenoxy) is 3. The summed E-state index contributed by atoms with van der Waals surface area (Å²) in [6, 6.07) is 22.8. The third-order valence-corrected chi connectivity index (χ3v) is 8.11. The Morgan fingerprint density at radius 1 is 0.833 bits per heavy atom. The van der Waals surface area contributed by atoms with E-state index in [4.69, 9.17) is 14.2 Å². The fourth-order valence-electron chi connectivity index (χ4n) is 4.50. The standard InChI is InChI=1S/C35H34N4O8S/c1-21-16-26(39(43)44)14-15-28(21)37-33(40)22(2)48-27-13-9-12-25(19-27)36-35(42)29(38-34(41)23-10-7-6-8-11-23)17-24-18-31(46-4)32(47-5)20-30(24)45-3/h6-20,22H,1-5H3,(H,36,42)(H,37,40)(H,38,41)/b29-17+. The number of carbonyl (C=O) groups excluding carboxylic acids is 3. The molecule has 4 aromatic carbocycles. The van der Waals surface area contributed by atoms with Crippen LogP contribution in [0.1, 0.15) is 28.4 Å². The minimum absolute atomic E-state index is 0.0627. The van der Waals surface area contributed by atoms with Gasteiger partial charge in [0.25, 0.3) is 17.5 Å². The second-order valence-corrected chi connectivity index (χ2v) is 11.7. The number of nitro benzene ring substituents is 1. The van der Waals surface area contributed by atoms with Crippen molar-refractivity contribution >= 4 is 52.6 Å². The monoisotopic (exact) mass is 670 g/mol. The van der Waals surface area contributed by atoms with Crippen molar-refractivity contribution in [3.8, 4) is 17.2 Å². The van der Waals surface area contributed by atoms with E-state index >= 15 is 0 Å². The number of nitrogens with zero attached hydrogens (tertiary/aromatic N) is 1. The van der Waals surface area contributed by atoms with Gasteiger partial charge in [-0.15, -0.1) is 11.8 Å². The van der Waals surface area contributed by atoms with Crippen molar-refractivity contribution in [2.24, 2.45) is 0 Å². The molecule has 3 amide bonds. The maximum Gasteiger partial charge on any atom is 0.272 e. The number of nitrogens with one attached hydrogen (secondary N) is 3. The largest absolute Gasteiger partial charge is 0.496 e. The van der Waals surface area contributed by atoms with Crippen LogP contribution in [0.15, 0.2) is 95.5 Å². The number of hydrogen-bond acceptors (Lipinski definition) is 9. The summed E-state index contributed by atoms with van der Waals surface area (Å²) >= 11 is 1.26. The summed E-state index contributed by atoms with van der Waals surface area (Å²) in [6.07, 6.45) is 1.47. The van der Waals surface area contributed by atoms with Crippen LogP contribution in [0.25, 0.3) is 6.08 Å². The molecule has 0 saturated heterocycles. The van der Waals surface area contributed by atoms with Gasteiger partial charge in [0.05, 0.1) is 31.5 Å². The van der Waals surface area contributed by atoms with Crippen LogP contribution < -0.4 is 30.2 Å². The highest BCUT2D eigenvalue weighted by Crippen LogP contribution is 2.36. The van der Waals surface area contributed by atoms with E-state index in [-0.39, 0.29) is 17.3 Å². The van der Waals surface area contributed by atoms with Gasteiger partial charge in [0.2, 0.25) is 5.91 Å². The predicted octanol–water partition coefficient (Wildman–Crippen LogP) is 6.46. The van der Waals surface area contributed by atoms with Crippen molar-refractivity contribution in [2.75, 3.05) is 32.0 Å².